The normalized spacial score (nSPS) is 9.62. The van der Waals surface area contributed by atoms with E-state index in [9.17, 15) is 18.8 Å². The van der Waals surface area contributed by atoms with Gasteiger partial charge in [-0.2, -0.15) is 0 Å². The first-order chi connectivity index (χ1) is 7.54. The smallest absolute Gasteiger partial charge is 0.374 e. The molecule has 0 radical (unpaired) electrons. The highest BCUT2D eigenvalue weighted by atomic mass is 19.1. The molecule has 0 spiro atoms. The molecular weight excluding hydrogens is 217 g/mol. The Morgan fingerprint density at radius 1 is 1.38 bits per heavy atom. The number of carbonyl (C=O) groups is 3. The van der Waals surface area contributed by atoms with Gasteiger partial charge in [0, 0.05) is 0 Å². The molecule has 0 atom stereocenters. The summed E-state index contributed by atoms with van der Waals surface area (Å²) in [5, 5.41) is 0. The van der Waals surface area contributed by atoms with Gasteiger partial charge in [0.1, 0.15) is 11.5 Å². The predicted octanol–water partition coefficient (Wildman–Crippen LogP) is 0.536. The maximum absolute atomic E-state index is 12.5. The van der Waals surface area contributed by atoms with Crippen LogP contribution in [0.1, 0.15) is 16.9 Å². The largest absolute Gasteiger partial charge is 0.463 e. The zero-order chi connectivity index (χ0) is 12.1. The Balaban J connectivity index is 2.69. The fraction of sp³-hybridized carbons (Fsp3) is 0.200. The molecule has 0 bridgehead atoms. The number of aromatic nitrogens is 1. The maximum Gasteiger partial charge on any atom is 0.374 e. The van der Waals surface area contributed by atoms with Crippen LogP contribution in [0.5, 0.6) is 0 Å². The Bertz CT molecular complexity index is 427. The average Bonchev–Trinajstić information content (AvgIpc) is 2.28. The molecule has 0 aromatic carbocycles. The summed E-state index contributed by atoms with van der Waals surface area (Å²) < 4.78 is 16.6. The van der Waals surface area contributed by atoms with Crippen LogP contribution in [0.3, 0.4) is 0 Å². The van der Waals surface area contributed by atoms with Crippen LogP contribution >= 0.6 is 0 Å². The van der Waals surface area contributed by atoms with Crippen LogP contribution < -0.4 is 0 Å². The molecule has 84 valence electrons. The summed E-state index contributed by atoms with van der Waals surface area (Å²) in [6.45, 7) is 0. The van der Waals surface area contributed by atoms with Crippen LogP contribution in [0.25, 0.3) is 0 Å². The minimum absolute atomic E-state index is 0.0707. The van der Waals surface area contributed by atoms with Gasteiger partial charge < -0.3 is 4.74 Å². The number of rotatable bonds is 4. The van der Waals surface area contributed by atoms with E-state index in [2.05, 4.69) is 9.72 Å². The number of Topliss-reactive ketones (excluding diaryl/α,β-unsaturated/α-hetero) is 2. The zero-order valence-corrected chi connectivity index (χ0v) is 8.40. The van der Waals surface area contributed by atoms with Gasteiger partial charge in [0.25, 0.3) is 0 Å². The van der Waals surface area contributed by atoms with E-state index < -0.39 is 29.8 Å². The number of carbonyl (C=O) groups excluding carboxylic acids is 3. The third-order valence-electron chi connectivity index (χ3n) is 1.75. The van der Waals surface area contributed by atoms with Crippen molar-refractivity contribution in [3.05, 3.63) is 29.8 Å². The molecule has 0 aliphatic rings. The van der Waals surface area contributed by atoms with Crippen molar-refractivity contribution in [1.29, 1.82) is 0 Å². The fourth-order valence-electron chi connectivity index (χ4n) is 0.963. The predicted molar refractivity (Wildman–Crippen MR) is 50.2 cm³/mol. The standard InChI is InChI=1S/C10H8FNO4/c1-16-10(15)9(14)4-8(13)7-3-2-6(11)5-12-7/h2-3,5H,4H2,1H3. The summed E-state index contributed by atoms with van der Waals surface area (Å²) in [6.07, 6.45) is 0.223. The van der Waals surface area contributed by atoms with Crippen LogP contribution in [0.2, 0.25) is 0 Å². The van der Waals surface area contributed by atoms with Gasteiger partial charge in [-0.25, -0.2) is 9.18 Å². The number of methoxy groups -OCH3 is 1. The molecule has 0 saturated carbocycles. The van der Waals surface area contributed by atoms with E-state index in [4.69, 9.17) is 0 Å². The van der Waals surface area contributed by atoms with Crippen LogP contribution in [-0.2, 0) is 14.3 Å². The lowest BCUT2D eigenvalue weighted by molar-refractivity contribution is -0.151. The van der Waals surface area contributed by atoms with Crippen molar-refractivity contribution in [3.63, 3.8) is 0 Å². The Hall–Kier alpha value is -2.11. The molecule has 5 nitrogen and oxygen atoms in total. The molecule has 0 aliphatic carbocycles. The number of ether oxygens (including phenoxy) is 1. The summed E-state index contributed by atoms with van der Waals surface area (Å²) >= 11 is 0. The summed E-state index contributed by atoms with van der Waals surface area (Å²) in [5.41, 5.74) is -0.0707. The van der Waals surface area contributed by atoms with E-state index in [0.717, 1.165) is 25.4 Å². The van der Waals surface area contributed by atoms with E-state index in [1.54, 1.807) is 0 Å². The minimum atomic E-state index is -1.09. The third kappa shape index (κ3) is 2.94. The van der Waals surface area contributed by atoms with Gasteiger partial charge in [-0.15, -0.1) is 0 Å². The lowest BCUT2D eigenvalue weighted by Crippen LogP contribution is -2.19. The molecule has 0 N–H and O–H groups in total. The molecule has 1 rings (SSSR count). The van der Waals surface area contributed by atoms with Crippen molar-refractivity contribution < 1.29 is 23.5 Å². The molecule has 1 heterocycles. The molecule has 0 unspecified atom stereocenters. The first-order valence-electron chi connectivity index (χ1n) is 4.30. The SMILES string of the molecule is COC(=O)C(=O)CC(=O)c1ccc(F)cn1. The van der Waals surface area contributed by atoms with Crippen molar-refractivity contribution in [1.82, 2.24) is 4.98 Å². The summed E-state index contributed by atoms with van der Waals surface area (Å²) in [5.74, 6) is -3.29. The molecule has 0 saturated heterocycles. The number of nitrogens with zero attached hydrogens (tertiary/aromatic N) is 1. The highest BCUT2D eigenvalue weighted by Crippen LogP contribution is 2.02. The number of halogens is 1. The molecule has 1 aromatic heterocycles. The molecule has 1 aromatic rings. The first kappa shape index (κ1) is 12.0. The second-order valence-electron chi connectivity index (χ2n) is 2.88. The molecule has 0 fully saturated rings. The Morgan fingerprint density at radius 2 is 2.06 bits per heavy atom. The van der Waals surface area contributed by atoms with Crippen molar-refractivity contribution in [2.45, 2.75) is 6.42 Å². The van der Waals surface area contributed by atoms with Crippen molar-refractivity contribution in [2.24, 2.45) is 0 Å². The monoisotopic (exact) mass is 225 g/mol. The second kappa shape index (κ2) is 5.11. The lowest BCUT2D eigenvalue weighted by atomic mass is 10.1. The minimum Gasteiger partial charge on any atom is -0.463 e. The highest BCUT2D eigenvalue weighted by molar-refractivity contribution is 6.37. The summed E-state index contributed by atoms with van der Waals surface area (Å²) in [6, 6.07) is 2.19. The number of hydrogen-bond donors (Lipinski definition) is 0. The first-order valence-corrected chi connectivity index (χ1v) is 4.30. The van der Waals surface area contributed by atoms with Crippen LogP contribution in [0.15, 0.2) is 18.3 Å². The Morgan fingerprint density at radius 3 is 2.56 bits per heavy atom. The van der Waals surface area contributed by atoms with Crippen LogP contribution in [0.4, 0.5) is 4.39 Å². The number of pyridine rings is 1. The van der Waals surface area contributed by atoms with E-state index in [0.29, 0.717) is 0 Å². The van der Waals surface area contributed by atoms with Gasteiger partial charge in [0.2, 0.25) is 5.78 Å². The van der Waals surface area contributed by atoms with Crippen molar-refractivity contribution in [2.75, 3.05) is 7.11 Å². The van der Waals surface area contributed by atoms with E-state index in [1.165, 1.54) is 0 Å². The highest BCUT2D eigenvalue weighted by Gasteiger charge is 2.19. The molecule has 16 heavy (non-hydrogen) atoms. The van der Waals surface area contributed by atoms with Gasteiger partial charge in [-0.3, -0.25) is 14.6 Å². The molecular formula is C10H8FNO4. The Labute approximate surface area is 90.2 Å². The van der Waals surface area contributed by atoms with Gasteiger partial charge >= 0.3 is 5.97 Å². The molecule has 0 amide bonds. The third-order valence-corrected chi connectivity index (χ3v) is 1.75. The number of ketones is 2. The van der Waals surface area contributed by atoms with Crippen LogP contribution in [0, 0.1) is 5.82 Å². The molecule has 6 heteroatoms. The van der Waals surface area contributed by atoms with E-state index >= 15 is 0 Å². The maximum atomic E-state index is 12.5. The number of esters is 1. The Kier molecular flexibility index (Phi) is 3.82. The van der Waals surface area contributed by atoms with Gasteiger partial charge in [-0.1, -0.05) is 0 Å². The van der Waals surface area contributed by atoms with Crippen molar-refractivity contribution >= 4 is 17.5 Å². The fourth-order valence-corrected chi connectivity index (χ4v) is 0.963. The summed E-state index contributed by atoms with van der Waals surface area (Å²) in [7, 11) is 1.04. The quantitative estimate of drug-likeness (QED) is 0.323. The van der Waals surface area contributed by atoms with Gasteiger partial charge in [-0.05, 0) is 12.1 Å². The second-order valence-corrected chi connectivity index (χ2v) is 2.88. The van der Waals surface area contributed by atoms with Gasteiger partial charge in [0.15, 0.2) is 5.78 Å². The van der Waals surface area contributed by atoms with E-state index in [-0.39, 0.29) is 5.69 Å². The lowest BCUT2D eigenvalue weighted by Gasteiger charge is -1.98. The average molecular weight is 225 g/mol. The summed E-state index contributed by atoms with van der Waals surface area (Å²) in [4.78, 5) is 36.6. The zero-order valence-electron chi connectivity index (χ0n) is 8.40. The molecule has 0 aliphatic heterocycles. The van der Waals surface area contributed by atoms with Crippen molar-refractivity contribution in [3.8, 4) is 0 Å². The van der Waals surface area contributed by atoms with Gasteiger partial charge in [0.05, 0.1) is 19.7 Å². The van der Waals surface area contributed by atoms with E-state index in [1.807, 2.05) is 0 Å². The topological polar surface area (TPSA) is 73.3 Å². The van der Waals surface area contributed by atoms with Crippen LogP contribution in [-0.4, -0.2) is 29.6 Å². The number of hydrogen-bond acceptors (Lipinski definition) is 5.